The highest BCUT2D eigenvalue weighted by Gasteiger charge is 2.24. The minimum absolute atomic E-state index is 0.779. The van der Waals surface area contributed by atoms with E-state index in [0.717, 1.165) is 34.8 Å². The Morgan fingerprint density at radius 1 is 1.25 bits per heavy atom. The highest BCUT2D eigenvalue weighted by molar-refractivity contribution is 7.19. The standard InChI is InChI=1S/C18H17N5S/c1-11-5-3-4-6-12(11)16-20-17-15-13-7-8-22(2)9-14(13)24-18(15)19-10-23(17)21-16/h3-6,10H,7-9H2,1-2H3/p+1. The van der Waals surface area contributed by atoms with E-state index in [9.17, 15) is 0 Å². The number of hydrogen-bond donors (Lipinski definition) is 1. The number of benzene rings is 1. The number of rotatable bonds is 1. The van der Waals surface area contributed by atoms with Gasteiger partial charge in [-0.25, -0.2) is 14.5 Å². The van der Waals surface area contributed by atoms with Crippen molar-refractivity contribution in [3.05, 3.63) is 46.6 Å². The van der Waals surface area contributed by atoms with Crippen molar-refractivity contribution in [2.45, 2.75) is 19.9 Å². The predicted molar refractivity (Wildman–Crippen MR) is 95.5 cm³/mol. The Morgan fingerprint density at radius 3 is 3.00 bits per heavy atom. The maximum atomic E-state index is 4.88. The number of aromatic nitrogens is 4. The minimum Gasteiger partial charge on any atom is -0.333 e. The van der Waals surface area contributed by atoms with Crippen LogP contribution in [0.2, 0.25) is 0 Å². The van der Waals surface area contributed by atoms with Gasteiger partial charge in [-0.05, 0) is 18.1 Å². The van der Waals surface area contributed by atoms with Crippen LogP contribution < -0.4 is 4.90 Å². The van der Waals surface area contributed by atoms with Gasteiger partial charge in [-0.1, -0.05) is 24.3 Å². The monoisotopic (exact) mass is 336 g/mol. The second kappa shape index (κ2) is 5.09. The molecule has 1 aliphatic rings. The van der Waals surface area contributed by atoms with Crippen LogP contribution in [-0.4, -0.2) is 33.2 Å². The van der Waals surface area contributed by atoms with Crippen molar-refractivity contribution < 1.29 is 4.90 Å². The van der Waals surface area contributed by atoms with Crippen LogP contribution in [0, 0.1) is 6.92 Å². The van der Waals surface area contributed by atoms with E-state index < -0.39 is 0 Å². The normalized spacial score (nSPS) is 17.5. The molecule has 120 valence electrons. The van der Waals surface area contributed by atoms with Crippen molar-refractivity contribution in [1.82, 2.24) is 19.6 Å². The first kappa shape index (κ1) is 14.1. The number of nitrogens with one attached hydrogen (secondary N) is 1. The largest absolute Gasteiger partial charge is 0.333 e. The van der Waals surface area contributed by atoms with E-state index in [0.29, 0.717) is 0 Å². The van der Waals surface area contributed by atoms with E-state index in [4.69, 9.17) is 4.98 Å². The van der Waals surface area contributed by atoms with Gasteiger partial charge in [-0.15, -0.1) is 16.4 Å². The molecule has 0 radical (unpaired) electrons. The topological polar surface area (TPSA) is 47.5 Å². The van der Waals surface area contributed by atoms with E-state index in [-0.39, 0.29) is 0 Å². The van der Waals surface area contributed by atoms with Crippen LogP contribution in [0.1, 0.15) is 16.0 Å². The lowest BCUT2D eigenvalue weighted by Crippen LogP contribution is -3.08. The number of thiophene rings is 1. The van der Waals surface area contributed by atoms with Gasteiger partial charge in [0, 0.05) is 12.0 Å². The molecule has 24 heavy (non-hydrogen) atoms. The zero-order valence-corrected chi connectivity index (χ0v) is 14.5. The molecule has 5 nitrogen and oxygen atoms in total. The van der Waals surface area contributed by atoms with E-state index in [1.807, 2.05) is 28.0 Å². The quantitative estimate of drug-likeness (QED) is 0.577. The Morgan fingerprint density at radius 2 is 2.12 bits per heavy atom. The molecule has 4 aromatic rings. The predicted octanol–water partition coefficient (Wildman–Crippen LogP) is 1.89. The maximum Gasteiger partial charge on any atom is 0.182 e. The van der Waals surface area contributed by atoms with E-state index >= 15 is 0 Å². The van der Waals surface area contributed by atoms with Crippen LogP contribution in [0.15, 0.2) is 30.6 Å². The Balaban J connectivity index is 1.78. The van der Waals surface area contributed by atoms with Gasteiger partial charge in [0.1, 0.15) is 17.7 Å². The van der Waals surface area contributed by atoms with E-state index in [1.54, 1.807) is 11.2 Å². The van der Waals surface area contributed by atoms with Crippen LogP contribution in [-0.2, 0) is 13.0 Å². The fourth-order valence-electron chi connectivity index (χ4n) is 3.55. The average Bonchev–Trinajstić information content (AvgIpc) is 3.14. The molecule has 3 aromatic heterocycles. The molecule has 1 atom stereocenters. The summed E-state index contributed by atoms with van der Waals surface area (Å²) >= 11 is 1.81. The number of nitrogens with zero attached hydrogens (tertiary/aromatic N) is 4. The summed E-state index contributed by atoms with van der Waals surface area (Å²) in [6.07, 6.45) is 2.89. The lowest BCUT2D eigenvalue weighted by atomic mass is 10.1. The Kier molecular flexibility index (Phi) is 2.98. The molecule has 4 heterocycles. The number of hydrogen-bond acceptors (Lipinski definition) is 4. The second-order valence-corrected chi connectivity index (χ2v) is 7.66. The summed E-state index contributed by atoms with van der Waals surface area (Å²) in [5, 5.41) is 5.89. The van der Waals surface area contributed by atoms with Crippen molar-refractivity contribution in [3.63, 3.8) is 0 Å². The Hall–Kier alpha value is -2.31. The average molecular weight is 336 g/mol. The molecule has 0 spiro atoms. The zero-order chi connectivity index (χ0) is 16.3. The molecule has 1 N–H and O–H groups in total. The molecule has 1 aromatic carbocycles. The van der Waals surface area contributed by atoms with Crippen molar-refractivity contribution in [3.8, 4) is 11.4 Å². The van der Waals surface area contributed by atoms with E-state index in [2.05, 4.69) is 36.2 Å². The van der Waals surface area contributed by atoms with Gasteiger partial charge in [0.05, 0.1) is 23.9 Å². The molecule has 0 saturated heterocycles. The molecule has 0 bridgehead atoms. The number of fused-ring (bicyclic) bond motifs is 5. The molecule has 0 amide bonds. The molecule has 1 aliphatic heterocycles. The summed E-state index contributed by atoms with van der Waals surface area (Å²) in [6, 6.07) is 8.26. The highest BCUT2D eigenvalue weighted by atomic mass is 32.1. The van der Waals surface area contributed by atoms with Crippen molar-refractivity contribution in [2.75, 3.05) is 13.6 Å². The molecule has 1 unspecified atom stereocenters. The smallest absolute Gasteiger partial charge is 0.182 e. The summed E-state index contributed by atoms with van der Waals surface area (Å²) in [5.74, 6) is 0.779. The third kappa shape index (κ3) is 2.00. The van der Waals surface area contributed by atoms with Crippen molar-refractivity contribution >= 4 is 27.2 Å². The van der Waals surface area contributed by atoms with Crippen LogP contribution in [0.4, 0.5) is 0 Å². The first-order valence-corrected chi connectivity index (χ1v) is 9.05. The summed E-state index contributed by atoms with van der Waals surface area (Å²) in [7, 11) is 2.25. The van der Waals surface area contributed by atoms with Crippen LogP contribution in [0.5, 0.6) is 0 Å². The molecular formula is C18H18N5S+. The number of likely N-dealkylation sites (N-methyl/N-ethyl adjacent to an activating group) is 1. The Labute approximate surface area is 143 Å². The molecule has 0 saturated carbocycles. The summed E-state index contributed by atoms with van der Waals surface area (Å²) in [6.45, 7) is 4.35. The van der Waals surface area contributed by atoms with Crippen LogP contribution >= 0.6 is 11.3 Å². The first-order chi connectivity index (χ1) is 11.7. The zero-order valence-electron chi connectivity index (χ0n) is 13.7. The summed E-state index contributed by atoms with van der Waals surface area (Å²) in [5.41, 5.74) is 4.65. The molecule has 0 fully saturated rings. The molecule has 0 aliphatic carbocycles. The minimum atomic E-state index is 0.779. The third-order valence-corrected chi connectivity index (χ3v) is 6.00. The lowest BCUT2D eigenvalue weighted by molar-refractivity contribution is -0.895. The van der Waals surface area contributed by atoms with Gasteiger partial charge >= 0.3 is 0 Å². The summed E-state index contributed by atoms with van der Waals surface area (Å²) < 4.78 is 1.84. The Bertz CT molecular complexity index is 1080. The van der Waals surface area contributed by atoms with Gasteiger partial charge in [-0.2, -0.15) is 0 Å². The maximum absolute atomic E-state index is 4.88. The van der Waals surface area contributed by atoms with Gasteiger partial charge in [0.2, 0.25) is 0 Å². The summed E-state index contributed by atoms with van der Waals surface area (Å²) in [4.78, 5) is 13.6. The molecule has 6 heteroatoms. The van der Waals surface area contributed by atoms with Crippen LogP contribution in [0.25, 0.3) is 27.3 Å². The number of aryl methyl sites for hydroxylation is 1. The second-order valence-electron chi connectivity index (χ2n) is 6.58. The van der Waals surface area contributed by atoms with Crippen molar-refractivity contribution in [1.29, 1.82) is 0 Å². The van der Waals surface area contributed by atoms with E-state index in [1.165, 1.54) is 27.9 Å². The number of quaternary nitrogens is 1. The SMILES string of the molecule is Cc1ccccc1-c1nc2c3c4c(sc3ncn2n1)C[NH+](C)CC4. The fourth-order valence-corrected chi connectivity index (χ4v) is 4.84. The molecule has 5 rings (SSSR count). The van der Waals surface area contributed by atoms with Gasteiger partial charge in [-0.3, -0.25) is 0 Å². The lowest BCUT2D eigenvalue weighted by Gasteiger charge is -2.19. The first-order valence-electron chi connectivity index (χ1n) is 8.23. The molecular weight excluding hydrogens is 318 g/mol. The van der Waals surface area contributed by atoms with Gasteiger partial charge in [0.25, 0.3) is 0 Å². The van der Waals surface area contributed by atoms with Crippen molar-refractivity contribution in [2.24, 2.45) is 0 Å². The third-order valence-electron chi connectivity index (χ3n) is 4.86. The van der Waals surface area contributed by atoms with Gasteiger partial charge < -0.3 is 4.90 Å². The van der Waals surface area contributed by atoms with Gasteiger partial charge in [0.15, 0.2) is 11.5 Å². The fraction of sp³-hybridized carbons (Fsp3) is 0.278. The van der Waals surface area contributed by atoms with Crippen LogP contribution in [0.3, 0.4) is 0 Å². The highest BCUT2D eigenvalue weighted by Crippen LogP contribution is 2.34.